The van der Waals surface area contributed by atoms with Crippen LogP contribution in [0.2, 0.25) is 0 Å². The summed E-state index contributed by atoms with van der Waals surface area (Å²) < 4.78 is 13.9. The highest BCUT2D eigenvalue weighted by Crippen LogP contribution is 2.69. The molecule has 1 aromatic carbocycles. The van der Waals surface area contributed by atoms with E-state index in [1.807, 2.05) is 30.3 Å². The van der Waals surface area contributed by atoms with Crippen molar-refractivity contribution in [2.75, 3.05) is 0 Å². The molecule has 5 unspecified atom stereocenters. The van der Waals surface area contributed by atoms with E-state index >= 15 is 0 Å². The highest BCUT2D eigenvalue weighted by atomic mass is 32.1. The zero-order valence-electron chi connectivity index (χ0n) is 16.4. The van der Waals surface area contributed by atoms with E-state index in [4.69, 9.17) is 21.7 Å². The monoisotopic (exact) mass is 410 g/mol. The molecule has 6 heteroatoms. The van der Waals surface area contributed by atoms with Gasteiger partial charge in [0.25, 0.3) is 5.17 Å². The van der Waals surface area contributed by atoms with Gasteiger partial charge in [0.15, 0.2) is 0 Å². The minimum absolute atomic E-state index is 0.0257. The van der Waals surface area contributed by atoms with Crippen molar-refractivity contribution >= 4 is 23.4 Å². The molecule has 29 heavy (non-hydrogen) atoms. The molecule has 0 amide bonds. The van der Waals surface area contributed by atoms with E-state index in [9.17, 15) is 4.79 Å². The first-order valence-corrected chi connectivity index (χ1v) is 11.0. The fourth-order valence-electron chi connectivity index (χ4n) is 6.24. The van der Waals surface area contributed by atoms with Gasteiger partial charge in [0, 0.05) is 18.3 Å². The number of esters is 1. The molecule has 3 saturated carbocycles. The van der Waals surface area contributed by atoms with Gasteiger partial charge < -0.3 is 9.47 Å². The fourth-order valence-corrected chi connectivity index (χ4v) is 6.47. The Balaban J connectivity index is 1.35. The smallest absolute Gasteiger partial charge is 0.313 e. The van der Waals surface area contributed by atoms with Crippen LogP contribution in [0.5, 0.6) is 0 Å². The first-order valence-electron chi connectivity index (χ1n) is 10.6. The second kappa shape index (κ2) is 7.56. The molecule has 0 radical (unpaired) electrons. The largest absolute Gasteiger partial charge is 0.467 e. The van der Waals surface area contributed by atoms with E-state index in [0.717, 1.165) is 31.2 Å². The molecule has 5 rings (SSSR count). The van der Waals surface area contributed by atoms with Crippen LogP contribution in [0.15, 0.2) is 49.1 Å². The van der Waals surface area contributed by atoms with Gasteiger partial charge in [-0.2, -0.15) is 0 Å². The van der Waals surface area contributed by atoms with Crippen LogP contribution in [0.1, 0.15) is 44.1 Å². The number of hydrogen-bond donors (Lipinski definition) is 0. The van der Waals surface area contributed by atoms with Crippen molar-refractivity contribution in [2.45, 2.75) is 51.2 Å². The van der Waals surface area contributed by atoms with Crippen LogP contribution in [0.25, 0.3) is 0 Å². The molecule has 1 heterocycles. The maximum Gasteiger partial charge on any atom is 0.313 e. The third kappa shape index (κ3) is 3.08. The van der Waals surface area contributed by atoms with Crippen molar-refractivity contribution < 1.29 is 14.3 Å². The number of nitrogens with zero attached hydrogens (tertiary/aromatic N) is 2. The lowest BCUT2D eigenvalue weighted by atomic mass is 9.42. The second-order valence-electron chi connectivity index (χ2n) is 8.61. The summed E-state index contributed by atoms with van der Waals surface area (Å²) in [5.41, 5.74) is 0.629. The lowest BCUT2D eigenvalue weighted by molar-refractivity contribution is -0.216. The molecule has 0 N–H and O–H groups in total. The van der Waals surface area contributed by atoms with E-state index in [-0.39, 0.29) is 18.0 Å². The molecule has 5 nitrogen and oxygen atoms in total. The van der Waals surface area contributed by atoms with Gasteiger partial charge in [-0.1, -0.05) is 36.8 Å². The summed E-state index contributed by atoms with van der Waals surface area (Å²) in [5.74, 6) is 1.16. The normalized spacial score (nSPS) is 32.6. The number of hydrogen-bond acceptors (Lipinski definition) is 5. The van der Waals surface area contributed by atoms with Crippen LogP contribution < -0.4 is 0 Å². The van der Waals surface area contributed by atoms with Crippen molar-refractivity contribution in [3.05, 3.63) is 54.6 Å². The Hall–Kier alpha value is -2.21. The van der Waals surface area contributed by atoms with Crippen LogP contribution in [-0.2, 0) is 20.9 Å². The van der Waals surface area contributed by atoms with Gasteiger partial charge >= 0.3 is 5.97 Å². The molecular weight excluding hydrogens is 384 g/mol. The number of carbonyl (C=O) groups is 1. The Morgan fingerprint density at radius 3 is 2.86 bits per heavy atom. The van der Waals surface area contributed by atoms with E-state index in [0.29, 0.717) is 23.6 Å². The average Bonchev–Trinajstić information content (AvgIpc) is 3.41. The number of carbonyl (C=O) groups excluding carboxylic acids is 1. The third-order valence-electron chi connectivity index (χ3n) is 7.33. The van der Waals surface area contributed by atoms with Gasteiger partial charge in [0.05, 0.1) is 5.41 Å². The van der Waals surface area contributed by atoms with Crippen LogP contribution in [0, 0.1) is 23.2 Å². The highest BCUT2D eigenvalue weighted by Gasteiger charge is 2.70. The maximum atomic E-state index is 13.4. The van der Waals surface area contributed by atoms with Crippen LogP contribution in [0.3, 0.4) is 0 Å². The number of imidazole rings is 1. The van der Waals surface area contributed by atoms with Crippen LogP contribution in [0.4, 0.5) is 0 Å². The van der Waals surface area contributed by atoms with Crippen LogP contribution in [-0.4, -0.2) is 26.8 Å². The lowest BCUT2D eigenvalue weighted by Gasteiger charge is -2.61. The molecule has 0 saturated heterocycles. The fraction of sp³-hybridized carbons (Fsp3) is 0.522. The molecule has 3 fully saturated rings. The summed E-state index contributed by atoms with van der Waals surface area (Å²) in [5, 5.41) is 0.419. The van der Waals surface area contributed by atoms with E-state index < -0.39 is 5.41 Å². The number of benzene rings is 1. The predicted molar refractivity (Wildman–Crippen MR) is 112 cm³/mol. The summed E-state index contributed by atoms with van der Waals surface area (Å²) in [6.07, 6.45) is 11.4. The number of ether oxygens (including phenoxy) is 2. The van der Waals surface area contributed by atoms with Crippen molar-refractivity contribution in [1.82, 2.24) is 9.55 Å². The quantitative estimate of drug-likeness (QED) is 0.554. The van der Waals surface area contributed by atoms with Gasteiger partial charge in [-0.05, 0) is 61.7 Å². The second-order valence-corrected chi connectivity index (χ2v) is 8.96. The van der Waals surface area contributed by atoms with Gasteiger partial charge in [0.1, 0.15) is 19.0 Å². The molecule has 3 aliphatic carbocycles. The van der Waals surface area contributed by atoms with E-state index in [2.05, 4.69) is 4.98 Å². The van der Waals surface area contributed by atoms with E-state index in [1.54, 1.807) is 23.3 Å². The van der Waals surface area contributed by atoms with Gasteiger partial charge in [-0.3, -0.25) is 9.36 Å². The number of rotatable bonds is 4. The number of thiocarbonyl (C=S) groups is 1. The Bertz CT molecular complexity index is 885. The van der Waals surface area contributed by atoms with Crippen molar-refractivity contribution in [1.29, 1.82) is 0 Å². The summed E-state index contributed by atoms with van der Waals surface area (Å²) in [7, 11) is 0. The standard InChI is InChI=1S/C23H26N2O3S/c26-21(27-14-16-6-2-1-3-7-16)23-11-5-10-19(20(23)17-8-4-9-18(17)23)28-22(29)25-13-12-24-15-25/h1-3,6-7,12-13,15,17-20H,4-5,8-11,14H2. The molecule has 1 aromatic heterocycles. The number of fused-ring (bicyclic) bond motifs is 4. The average molecular weight is 411 g/mol. The Kier molecular flexibility index (Phi) is 4.90. The third-order valence-corrected chi connectivity index (χ3v) is 7.63. The van der Waals surface area contributed by atoms with Crippen molar-refractivity contribution in [3.8, 4) is 0 Å². The molecule has 0 aliphatic heterocycles. The summed E-state index contributed by atoms with van der Waals surface area (Å²) in [6, 6.07) is 9.92. The van der Waals surface area contributed by atoms with Crippen LogP contribution >= 0.6 is 12.2 Å². The van der Waals surface area contributed by atoms with Gasteiger partial charge in [-0.15, -0.1) is 0 Å². The molecule has 0 spiro atoms. The maximum absolute atomic E-state index is 13.4. The van der Waals surface area contributed by atoms with Gasteiger partial charge in [-0.25, -0.2) is 4.98 Å². The SMILES string of the molecule is O=C(OCc1ccccc1)C12CCCC(OC(=S)n3ccnc3)C1C1CCCC12. The first-order chi connectivity index (χ1) is 14.2. The first kappa shape index (κ1) is 18.8. The van der Waals surface area contributed by atoms with Gasteiger partial charge in [0.2, 0.25) is 0 Å². The topological polar surface area (TPSA) is 53.4 Å². The predicted octanol–water partition coefficient (Wildman–Crippen LogP) is 4.36. The Morgan fingerprint density at radius 1 is 1.21 bits per heavy atom. The number of aromatic nitrogens is 2. The zero-order chi connectivity index (χ0) is 19.8. The molecule has 3 aliphatic rings. The Labute approximate surface area is 176 Å². The summed E-state index contributed by atoms with van der Waals surface area (Å²) >= 11 is 5.49. The van der Waals surface area contributed by atoms with Crippen molar-refractivity contribution in [2.24, 2.45) is 23.2 Å². The molecule has 0 bridgehead atoms. The summed E-state index contributed by atoms with van der Waals surface area (Å²) in [4.78, 5) is 17.5. The molecule has 5 atom stereocenters. The minimum Gasteiger partial charge on any atom is -0.467 e. The molecule has 2 aromatic rings. The minimum atomic E-state index is -0.399. The lowest BCUT2D eigenvalue weighted by Crippen LogP contribution is -2.65. The highest BCUT2D eigenvalue weighted by molar-refractivity contribution is 7.80. The van der Waals surface area contributed by atoms with E-state index in [1.165, 1.54) is 12.8 Å². The molecular formula is C23H26N2O3S. The van der Waals surface area contributed by atoms with Crippen molar-refractivity contribution in [3.63, 3.8) is 0 Å². The molecule has 152 valence electrons. The summed E-state index contributed by atoms with van der Waals surface area (Å²) in [6.45, 7) is 0.338. The Morgan fingerprint density at radius 2 is 2.07 bits per heavy atom. The zero-order valence-corrected chi connectivity index (χ0v) is 17.2.